The van der Waals surface area contributed by atoms with Crippen molar-refractivity contribution >= 4 is 17.3 Å². The van der Waals surface area contributed by atoms with Crippen molar-refractivity contribution < 1.29 is 10.0 Å². The number of anilines is 2. The molecule has 104 valence electrons. The Balaban J connectivity index is 2.19. The SMILES string of the molecule is CC(O)C1CCN(c2nc(N)ccc2[N+](=O)[O-])CC1. The molecular formula is C12H18N4O3. The van der Waals surface area contributed by atoms with Gasteiger partial charge in [-0.25, -0.2) is 4.98 Å². The number of hydrogen-bond donors (Lipinski definition) is 2. The minimum absolute atomic E-state index is 0.0234. The Morgan fingerprint density at radius 1 is 1.53 bits per heavy atom. The molecule has 7 nitrogen and oxygen atoms in total. The highest BCUT2D eigenvalue weighted by Gasteiger charge is 2.27. The van der Waals surface area contributed by atoms with Crippen LogP contribution in [0.15, 0.2) is 12.1 Å². The van der Waals surface area contributed by atoms with E-state index in [4.69, 9.17) is 5.73 Å². The van der Waals surface area contributed by atoms with E-state index in [9.17, 15) is 15.2 Å². The van der Waals surface area contributed by atoms with Gasteiger partial charge in [0, 0.05) is 19.2 Å². The van der Waals surface area contributed by atoms with Crippen molar-refractivity contribution in [2.24, 2.45) is 5.92 Å². The summed E-state index contributed by atoms with van der Waals surface area (Å²) in [5.41, 5.74) is 5.59. The number of piperidine rings is 1. The zero-order valence-corrected chi connectivity index (χ0v) is 10.8. The molecule has 0 saturated carbocycles. The van der Waals surface area contributed by atoms with E-state index in [1.165, 1.54) is 12.1 Å². The van der Waals surface area contributed by atoms with E-state index in [0.717, 1.165) is 12.8 Å². The Hall–Kier alpha value is -1.89. The van der Waals surface area contributed by atoms with Gasteiger partial charge in [0.25, 0.3) is 0 Å². The Bertz CT molecular complexity index is 470. The lowest BCUT2D eigenvalue weighted by Crippen LogP contribution is -2.37. The molecule has 1 aromatic rings. The minimum atomic E-state index is -0.442. The Labute approximate surface area is 111 Å². The van der Waals surface area contributed by atoms with Crippen molar-refractivity contribution in [3.8, 4) is 0 Å². The molecule has 1 aliphatic rings. The molecule has 1 fully saturated rings. The topological polar surface area (TPSA) is 106 Å². The summed E-state index contributed by atoms with van der Waals surface area (Å²) in [5.74, 6) is 0.851. The van der Waals surface area contributed by atoms with Crippen LogP contribution in [0, 0.1) is 16.0 Å². The highest BCUT2D eigenvalue weighted by atomic mass is 16.6. The van der Waals surface area contributed by atoms with Gasteiger partial charge < -0.3 is 15.7 Å². The quantitative estimate of drug-likeness (QED) is 0.628. The van der Waals surface area contributed by atoms with Crippen molar-refractivity contribution in [1.29, 1.82) is 0 Å². The maximum Gasteiger partial charge on any atom is 0.311 e. The number of pyridine rings is 1. The summed E-state index contributed by atoms with van der Waals surface area (Å²) in [7, 11) is 0. The highest BCUT2D eigenvalue weighted by molar-refractivity contribution is 5.61. The largest absolute Gasteiger partial charge is 0.393 e. The molecule has 1 aliphatic heterocycles. The van der Waals surface area contributed by atoms with Gasteiger partial charge in [0.1, 0.15) is 5.82 Å². The van der Waals surface area contributed by atoms with Crippen molar-refractivity contribution in [3.05, 3.63) is 22.2 Å². The van der Waals surface area contributed by atoms with E-state index in [0.29, 0.717) is 18.9 Å². The summed E-state index contributed by atoms with van der Waals surface area (Å²) >= 11 is 0. The Morgan fingerprint density at radius 2 is 2.16 bits per heavy atom. The van der Waals surface area contributed by atoms with E-state index < -0.39 is 4.92 Å². The number of rotatable bonds is 3. The Morgan fingerprint density at radius 3 is 2.68 bits per heavy atom. The second-order valence-electron chi connectivity index (χ2n) is 4.90. The second kappa shape index (κ2) is 5.40. The molecule has 19 heavy (non-hydrogen) atoms. The van der Waals surface area contributed by atoms with Gasteiger partial charge in [0.05, 0.1) is 11.0 Å². The fourth-order valence-electron chi connectivity index (χ4n) is 2.42. The van der Waals surface area contributed by atoms with Gasteiger partial charge in [-0.2, -0.15) is 0 Å². The first kappa shape index (κ1) is 13.5. The molecule has 0 aromatic carbocycles. The maximum atomic E-state index is 11.0. The zero-order chi connectivity index (χ0) is 14.0. The summed E-state index contributed by atoms with van der Waals surface area (Å²) < 4.78 is 0. The number of nitrogens with zero attached hydrogens (tertiary/aromatic N) is 3. The van der Waals surface area contributed by atoms with Crippen molar-refractivity contribution in [2.75, 3.05) is 23.7 Å². The lowest BCUT2D eigenvalue weighted by atomic mass is 9.92. The van der Waals surface area contributed by atoms with Gasteiger partial charge in [0.2, 0.25) is 5.82 Å². The van der Waals surface area contributed by atoms with Crippen LogP contribution in [0.3, 0.4) is 0 Å². The van der Waals surface area contributed by atoms with Crippen LogP contribution in [0.1, 0.15) is 19.8 Å². The van der Waals surface area contributed by atoms with Crippen molar-refractivity contribution in [2.45, 2.75) is 25.9 Å². The molecule has 2 heterocycles. The number of nitrogen functional groups attached to an aromatic ring is 1. The normalized spacial score (nSPS) is 18.3. The first-order valence-electron chi connectivity index (χ1n) is 6.33. The van der Waals surface area contributed by atoms with Crippen LogP contribution < -0.4 is 10.6 Å². The average molecular weight is 266 g/mol. The first-order valence-corrected chi connectivity index (χ1v) is 6.33. The van der Waals surface area contributed by atoms with Crippen LogP contribution in [-0.4, -0.2) is 34.2 Å². The molecule has 1 saturated heterocycles. The average Bonchev–Trinajstić information content (AvgIpc) is 2.38. The van der Waals surface area contributed by atoms with Gasteiger partial charge in [-0.15, -0.1) is 0 Å². The number of aliphatic hydroxyl groups excluding tert-OH is 1. The van der Waals surface area contributed by atoms with Crippen LogP contribution in [0.25, 0.3) is 0 Å². The van der Waals surface area contributed by atoms with Gasteiger partial charge in [-0.3, -0.25) is 10.1 Å². The number of hydrogen-bond acceptors (Lipinski definition) is 6. The van der Waals surface area contributed by atoms with Crippen LogP contribution in [0.2, 0.25) is 0 Å². The summed E-state index contributed by atoms with van der Waals surface area (Å²) in [6, 6.07) is 2.82. The monoisotopic (exact) mass is 266 g/mol. The van der Waals surface area contributed by atoms with E-state index in [1.807, 2.05) is 4.90 Å². The second-order valence-corrected chi connectivity index (χ2v) is 4.90. The molecule has 0 amide bonds. The third kappa shape index (κ3) is 2.93. The standard InChI is InChI=1S/C12H18N4O3/c1-8(17)9-4-6-15(7-5-9)12-10(16(18)19)2-3-11(13)14-12/h2-3,8-9,17H,4-7H2,1H3,(H2,13,14). The van der Waals surface area contributed by atoms with E-state index in [2.05, 4.69) is 4.98 Å². The van der Waals surface area contributed by atoms with Gasteiger partial charge in [-0.05, 0) is 31.7 Å². The molecule has 3 N–H and O–H groups in total. The molecule has 1 aromatic heterocycles. The third-order valence-electron chi connectivity index (χ3n) is 3.59. The molecule has 7 heteroatoms. The lowest BCUT2D eigenvalue weighted by molar-refractivity contribution is -0.384. The molecular weight excluding hydrogens is 248 g/mol. The molecule has 0 radical (unpaired) electrons. The molecule has 0 aliphatic carbocycles. The molecule has 1 atom stereocenters. The van der Waals surface area contributed by atoms with Crippen molar-refractivity contribution in [3.63, 3.8) is 0 Å². The summed E-state index contributed by atoms with van der Waals surface area (Å²) in [6.07, 6.45) is 1.25. The van der Waals surface area contributed by atoms with Gasteiger partial charge >= 0.3 is 5.69 Å². The van der Waals surface area contributed by atoms with E-state index >= 15 is 0 Å². The van der Waals surface area contributed by atoms with Crippen LogP contribution in [0.5, 0.6) is 0 Å². The molecule has 1 unspecified atom stereocenters. The maximum absolute atomic E-state index is 11.0. The molecule has 0 spiro atoms. The number of nitro groups is 1. The van der Waals surface area contributed by atoms with Crippen LogP contribution in [0.4, 0.5) is 17.3 Å². The highest BCUT2D eigenvalue weighted by Crippen LogP contribution is 2.31. The molecule has 0 bridgehead atoms. The predicted molar refractivity (Wildman–Crippen MR) is 71.9 cm³/mol. The van der Waals surface area contributed by atoms with Crippen LogP contribution in [-0.2, 0) is 0 Å². The van der Waals surface area contributed by atoms with Gasteiger partial charge in [0.15, 0.2) is 0 Å². The zero-order valence-electron chi connectivity index (χ0n) is 10.8. The van der Waals surface area contributed by atoms with E-state index in [-0.39, 0.29) is 23.5 Å². The third-order valence-corrected chi connectivity index (χ3v) is 3.59. The summed E-state index contributed by atoms with van der Waals surface area (Å²) in [6.45, 7) is 3.07. The summed E-state index contributed by atoms with van der Waals surface area (Å²) in [4.78, 5) is 16.5. The fraction of sp³-hybridized carbons (Fsp3) is 0.583. The number of nitrogens with two attached hydrogens (primary N) is 1. The van der Waals surface area contributed by atoms with Crippen LogP contribution >= 0.6 is 0 Å². The van der Waals surface area contributed by atoms with E-state index in [1.54, 1.807) is 6.92 Å². The first-order chi connectivity index (χ1) is 8.99. The molecule has 2 rings (SSSR count). The van der Waals surface area contributed by atoms with Crippen molar-refractivity contribution in [1.82, 2.24) is 4.98 Å². The predicted octanol–water partition coefficient (Wildman–Crippen LogP) is 1.17. The number of aromatic nitrogens is 1. The Kier molecular flexibility index (Phi) is 3.84. The smallest absolute Gasteiger partial charge is 0.311 e. The van der Waals surface area contributed by atoms with Gasteiger partial charge in [-0.1, -0.05) is 0 Å². The summed E-state index contributed by atoms with van der Waals surface area (Å²) in [5, 5.41) is 20.6. The fourth-order valence-corrected chi connectivity index (χ4v) is 2.42. The number of aliphatic hydroxyl groups is 1. The minimum Gasteiger partial charge on any atom is -0.393 e. The lowest BCUT2D eigenvalue weighted by Gasteiger charge is -2.33.